The van der Waals surface area contributed by atoms with E-state index in [-0.39, 0.29) is 17.5 Å². The average Bonchev–Trinajstić information content (AvgIpc) is 2.87. The topological polar surface area (TPSA) is 46.9 Å². The molecule has 4 nitrogen and oxygen atoms in total. The van der Waals surface area contributed by atoms with Gasteiger partial charge < -0.3 is 5.32 Å². The highest BCUT2D eigenvalue weighted by Gasteiger charge is 2.67. The number of halogens is 2. The fourth-order valence-corrected chi connectivity index (χ4v) is 2.94. The number of rotatable bonds is 1. The van der Waals surface area contributed by atoms with Gasteiger partial charge in [-0.05, 0) is 33.1 Å². The Labute approximate surface area is 110 Å². The minimum atomic E-state index is -2.84. The van der Waals surface area contributed by atoms with E-state index in [1.54, 1.807) is 0 Å². The van der Waals surface area contributed by atoms with Gasteiger partial charge in [0.2, 0.25) is 5.91 Å². The quantitative estimate of drug-likeness (QED) is 0.852. The van der Waals surface area contributed by atoms with Crippen molar-refractivity contribution in [3.8, 4) is 0 Å². The first-order chi connectivity index (χ1) is 8.64. The second-order valence-corrected chi connectivity index (χ2v) is 6.45. The molecule has 3 rings (SSSR count). The summed E-state index contributed by atoms with van der Waals surface area (Å²) in [7, 11) is 0. The summed E-state index contributed by atoms with van der Waals surface area (Å²) in [6.07, 6.45) is 0.489. The molecule has 1 saturated carbocycles. The van der Waals surface area contributed by atoms with Gasteiger partial charge in [-0.15, -0.1) is 0 Å². The summed E-state index contributed by atoms with van der Waals surface area (Å²) < 4.78 is 30.1. The van der Waals surface area contributed by atoms with Gasteiger partial charge >= 0.3 is 0 Å². The second kappa shape index (κ2) is 3.35. The van der Waals surface area contributed by atoms with Gasteiger partial charge in [0.15, 0.2) is 5.82 Å². The number of anilines is 1. The lowest BCUT2D eigenvalue weighted by molar-refractivity contribution is -0.114. The minimum absolute atomic E-state index is 0.00926. The van der Waals surface area contributed by atoms with Crippen molar-refractivity contribution >= 4 is 11.7 Å². The van der Waals surface area contributed by atoms with Crippen molar-refractivity contribution in [3.63, 3.8) is 0 Å². The van der Waals surface area contributed by atoms with Gasteiger partial charge in [-0.2, -0.15) is 13.9 Å². The Morgan fingerprint density at radius 1 is 1.47 bits per heavy atom. The summed E-state index contributed by atoms with van der Waals surface area (Å²) in [5.41, 5.74) is -0.00814. The van der Waals surface area contributed by atoms with E-state index in [0.29, 0.717) is 17.8 Å². The molecule has 2 atom stereocenters. The number of nitrogens with zero attached hydrogens (tertiary/aromatic N) is 2. The van der Waals surface area contributed by atoms with Gasteiger partial charge in [-0.25, -0.2) is 0 Å². The lowest BCUT2D eigenvalue weighted by Gasteiger charge is -2.25. The molecule has 1 aromatic rings. The number of alkyl halides is 2. The van der Waals surface area contributed by atoms with Crippen molar-refractivity contribution < 1.29 is 13.6 Å². The predicted molar refractivity (Wildman–Crippen MR) is 66.3 cm³/mol. The van der Waals surface area contributed by atoms with Crippen LogP contribution in [0.5, 0.6) is 0 Å². The third-order valence-corrected chi connectivity index (χ3v) is 3.79. The molecule has 1 aromatic heterocycles. The van der Waals surface area contributed by atoms with Crippen molar-refractivity contribution in [1.29, 1.82) is 0 Å². The molecule has 6 heteroatoms. The molecule has 0 spiro atoms. The number of hydrogen-bond acceptors (Lipinski definition) is 2. The van der Waals surface area contributed by atoms with Crippen molar-refractivity contribution in [2.24, 2.45) is 5.92 Å². The maximum absolute atomic E-state index is 14.3. The number of fused-ring (bicyclic) bond motifs is 3. The molecule has 19 heavy (non-hydrogen) atoms. The SMILES string of the molecule is CC(=O)Nc1nn(C(C)(C)C)c2c1C1CC1C2(F)F. The van der Waals surface area contributed by atoms with Gasteiger partial charge in [-0.1, -0.05) is 0 Å². The Hall–Kier alpha value is -1.46. The lowest BCUT2D eigenvalue weighted by atomic mass is 10.1. The van der Waals surface area contributed by atoms with E-state index in [9.17, 15) is 13.6 Å². The van der Waals surface area contributed by atoms with Crippen molar-refractivity contribution in [2.75, 3.05) is 5.32 Å². The number of hydrogen-bond donors (Lipinski definition) is 1. The minimum Gasteiger partial charge on any atom is -0.309 e. The third-order valence-electron chi connectivity index (χ3n) is 3.79. The molecule has 0 aromatic carbocycles. The molecule has 0 saturated heterocycles. The highest BCUT2D eigenvalue weighted by molar-refractivity contribution is 5.89. The van der Waals surface area contributed by atoms with Crippen LogP contribution in [0.25, 0.3) is 0 Å². The zero-order valence-electron chi connectivity index (χ0n) is 11.4. The van der Waals surface area contributed by atoms with Crippen LogP contribution in [0.3, 0.4) is 0 Å². The molecule has 2 aliphatic rings. The summed E-state index contributed by atoms with van der Waals surface area (Å²) in [6, 6.07) is 0. The van der Waals surface area contributed by atoms with Crippen molar-refractivity contribution in [1.82, 2.24) is 9.78 Å². The van der Waals surface area contributed by atoms with E-state index in [4.69, 9.17) is 0 Å². The number of nitrogens with one attached hydrogen (secondary N) is 1. The van der Waals surface area contributed by atoms with Gasteiger partial charge in [0, 0.05) is 18.4 Å². The van der Waals surface area contributed by atoms with E-state index in [1.165, 1.54) is 11.6 Å². The predicted octanol–water partition coefficient (Wildman–Crippen LogP) is 2.81. The Bertz CT molecular complexity index is 571. The van der Waals surface area contributed by atoms with E-state index in [2.05, 4.69) is 10.4 Å². The number of amides is 1. The van der Waals surface area contributed by atoms with Gasteiger partial charge in [0.05, 0.1) is 5.54 Å². The largest absolute Gasteiger partial charge is 0.309 e. The summed E-state index contributed by atoms with van der Waals surface area (Å²) in [4.78, 5) is 11.2. The standard InChI is InChI=1S/C13H17F2N3O/c1-6(19)16-11-9-7-5-8(7)13(14,15)10(9)18(17-11)12(2,3)4/h7-8H,5H2,1-4H3,(H,16,17,19). The molecule has 2 unspecified atom stereocenters. The number of carbonyl (C=O) groups excluding carboxylic acids is 1. The first-order valence-electron chi connectivity index (χ1n) is 6.43. The molecule has 0 radical (unpaired) electrons. The highest BCUT2D eigenvalue weighted by atomic mass is 19.3. The first kappa shape index (κ1) is 12.6. The Morgan fingerprint density at radius 2 is 2.11 bits per heavy atom. The zero-order valence-corrected chi connectivity index (χ0v) is 11.4. The summed E-state index contributed by atoms with van der Waals surface area (Å²) in [6.45, 7) is 6.85. The third kappa shape index (κ3) is 1.61. The van der Waals surface area contributed by atoms with Crippen LogP contribution in [0, 0.1) is 5.92 Å². The average molecular weight is 269 g/mol. The Balaban J connectivity index is 2.19. The van der Waals surface area contributed by atoms with E-state index < -0.39 is 17.4 Å². The fraction of sp³-hybridized carbons (Fsp3) is 0.692. The maximum atomic E-state index is 14.3. The number of aromatic nitrogens is 2. The van der Waals surface area contributed by atoms with Crippen molar-refractivity contribution in [2.45, 2.75) is 51.5 Å². The van der Waals surface area contributed by atoms with Crippen LogP contribution < -0.4 is 5.32 Å². The van der Waals surface area contributed by atoms with Crippen LogP contribution in [-0.4, -0.2) is 15.7 Å². The Kier molecular flexibility index (Phi) is 2.21. The summed E-state index contributed by atoms with van der Waals surface area (Å²) in [5, 5.41) is 6.81. The second-order valence-electron chi connectivity index (χ2n) is 6.45. The molecule has 1 amide bonds. The maximum Gasteiger partial charge on any atom is 0.293 e. The zero-order chi connectivity index (χ0) is 14.2. The van der Waals surface area contributed by atoms with Crippen LogP contribution in [0.1, 0.15) is 51.3 Å². The van der Waals surface area contributed by atoms with Crippen molar-refractivity contribution in [3.05, 3.63) is 11.3 Å². The molecule has 0 bridgehead atoms. The molecule has 104 valence electrons. The summed E-state index contributed by atoms with van der Waals surface area (Å²) >= 11 is 0. The Morgan fingerprint density at radius 3 is 2.63 bits per heavy atom. The van der Waals surface area contributed by atoms with Gasteiger partial charge in [0.25, 0.3) is 5.92 Å². The van der Waals surface area contributed by atoms with Crippen LogP contribution in [0.2, 0.25) is 0 Å². The molecule has 1 heterocycles. The highest BCUT2D eigenvalue weighted by Crippen LogP contribution is 2.68. The molecule has 0 aliphatic heterocycles. The number of carbonyl (C=O) groups is 1. The van der Waals surface area contributed by atoms with Crippen LogP contribution >= 0.6 is 0 Å². The van der Waals surface area contributed by atoms with Crippen LogP contribution in [0.4, 0.5) is 14.6 Å². The molecule has 2 aliphatic carbocycles. The fourth-order valence-electron chi connectivity index (χ4n) is 2.94. The molecule has 1 N–H and O–H groups in total. The molecule has 1 fully saturated rings. The lowest BCUT2D eigenvalue weighted by Crippen LogP contribution is -2.30. The van der Waals surface area contributed by atoms with Gasteiger partial charge in [-0.3, -0.25) is 9.48 Å². The monoisotopic (exact) mass is 269 g/mol. The summed E-state index contributed by atoms with van der Waals surface area (Å²) in [5.74, 6) is -3.57. The van der Waals surface area contributed by atoms with E-state index in [1.807, 2.05) is 20.8 Å². The smallest absolute Gasteiger partial charge is 0.293 e. The van der Waals surface area contributed by atoms with E-state index >= 15 is 0 Å². The van der Waals surface area contributed by atoms with Crippen LogP contribution in [0.15, 0.2) is 0 Å². The normalized spacial score (nSPS) is 26.8. The molecular weight excluding hydrogens is 252 g/mol. The van der Waals surface area contributed by atoms with E-state index in [0.717, 1.165) is 0 Å². The van der Waals surface area contributed by atoms with Crippen LogP contribution in [-0.2, 0) is 16.3 Å². The first-order valence-corrected chi connectivity index (χ1v) is 6.43. The van der Waals surface area contributed by atoms with Gasteiger partial charge in [0.1, 0.15) is 5.69 Å². The molecular formula is C13H17F2N3O.